The van der Waals surface area contributed by atoms with Crippen molar-refractivity contribution in [3.8, 4) is 5.75 Å². The highest BCUT2D eigenvalue weighted by atomic mass is 79.9. The van der Waals surface area contributed by atoms with Crippen LogP contribution in [0.2, 0.25) is 0 Å². The minimum absolute atomic E-state index is 0.0165. The van der Waals surface area contributed by atoms with Crippen molar-refractivity contribution in [1.82, 2.24) is 4.98 Å². The number of halogens is 3. The highest BCUT2D eigenvalue weighted by Gasteiger charge is 2.18. The Balaban J connectivity index is 2.44. The van der Waals surface area contributed by atoms with Crippen molar-refractivity contribution in [3.05, 3.63) is 57.8 Å². The summed E-state index contributed by atoms with van der Waals surface area (Å²) in [6.45, 7) is 0. The zero-order valence-electron chi connectivity index (χ0n) is 10.0. The van der Waals surface area contributed by atoms with Crippen LogP contribution in [-0.2, 0) is 0 Å². The molecule has 0 radical (unpaired) electrons. The molecule has 0 saturated heterocycles. The van der Waals surface area contributed by atoms with Crippen molar-refractivity contribution in [2.45, 2.75) is 6.04 Å². The van der Waals surface area contributed by atoms with E-state index in [-0.39, 0.29) is 4.47 Å². The van der Waals surface area contributed by atoms with Gasteiger partial charge in [0.15, 0.2) is 11.6 Å². The first-order chi connectivity index (χ1) is 9.04. The van der Waals surface area contributed by atoms with E-state index in [1.807, 2.05) is 0 Å². The number of ether oxygens (including phenoxy) is 1. The standard InChI is InChI=1S/C13H11BrF2N2O/c1-19-8-4-7(5-18-6-8)13(17)9-2-3-10(15)12(16)11(9)14/h2-6,13H,17H2,1H3. The smallest absolute Gasteiger partial charge is 0.173 e. The van der Waals surface area contributed by atoms with Crippen LogP contribution in [0.4, 0.5) is 8.78 Å². The Bertz CT molecular complexity index is 607. The van der Waals surface area contributed by atoms with Gasteiger partial charge in [-0.1, -0.05) is 6.07 Å². The highest BCUT2D eigenvalue weighted by Crippen LogP contribution is 2.30. The van der Waals surface area contributed by atoms with Crippen molar-refractivity contribution in [2.24, 2.45) is 5.73 Å². The minimum atomic E-state index is -0.955. The molecule has 0 amide bonds. The summed E-state index contributed by atoms with van der Waals surface area (Å²) in [7, 11) is 1.51. The van der Waals surface area contributed by atoms with E-state index in [4.69, 9.17) is 10.5 Å². The molecule has 0 aliphatic heterocycles. The summed E-state index contributed by atoms with van der Waals surface area (Å²) >= 11 is 3.02. The third-order valence-electron chi connectivity index (χ3n) is 2.73. The molecule has 2 aromatic rings. The van der Waals surface area contributed by atoms with Crippen LogP contribution in [0, 0.1) is 11.6 Å². The van der Waals surface area contributed by atoms with Gasteiger partial charge in [0.05, 0.1) is 23.8 Å². The zero-order valence-corrected chi connectivity index (χ0v) is 11.6. The van der Waals surface area contributed by atoms with Gasteiger partial charge in [-0.05, 0) is 39.2 Å². The molecule has 0 bridgehead atoms. The zero-order chi connectivity index (χ0) is 14.0. The predicted molar refractivity (Wildman–Crippen MR) is 70.9 cm³/mol. The monoisotopic (exact) mass is 328 g/mol. The molecular formula is C13H11BrF2N2O. The summed E-state index contributed by atoms with van der Waals surface area (Å²) in [5.74, 6) is -1.33. The van der Waals surface area contributed by atoms with Gasteiger partial charge in [-0.25, -0.2) is 8.78 Å². The fraction of sp³-hybridized carbons (Fsp3) is 0.154. The Morgan fingerprint density at radius 2 is 2.05 bits per heavy atom. The van der Waals surface area contributed by atoms with Gasteiger partial charge >= 0.3 is 0 Å². The second kappa shape index (κ2) is 5.63. The molecule has 2 N–H and O–H groups in total. The van der Waals surface area contributed by atoms with Crippen molar-refractivity contribution in [3.63, 3.8) is 0 Å². The van der Waals surface area contributed by atoms with Crippen LogP contribution in [-0.4, -0.2) is 12.1 Å². The van der Waals surface area contributed by atoms with Crippen LogP contribution in [0.3, 0.4) is 0 Å². The summed E-state index contributed by atoms with van der Waals surface area (Å²) in [5, 5.41) is 0. The molecule has 3 nitrogen and oxygen atoms in total. The van der Waals surface area contributed by atoms with Crippen molar-refractivity contribution < 1.29 is 13.5 Å². The number of hydrogen-bond acceptors (Lipinski definition) is 3. The lowest BCUT2D eigenvalue weighted by Gasteiger charge is -2.15. The van der Waals surface area contributed by atoms with Gasteiger partial charge in [-0.15, -0.1) is 0 Å². The van der Waals surface area contributed by atoms with E-state index in [2.05, 4.69) is 20.9 Å². The molecule has 0 fully saturated rings. The van der Waals surface area contributed by atoms with Crippen LogP contribution >= 0.6 is 15.9 Å². The van der Waals surface area contributed by atoms with E-state index >= 15 is 0 Å². The van der Waals surface area contributed by atoms with E-state index in [9.17, 15) is 8.78 Å². The second-order valence-electron chi connectivity index (χ2n) is 3.90. The Morgan fingerprint density at radius 1 is 1.32 bits per heavy atom. The van der Waals surface area contributed by atoms with E-state index in [1.54, 1.807) is 12.3 Å². The lowest BCUT2D eigenvalue weighted by Crippen LogP contribution is -2.14. The summed E-state index contributed by atoms with van der Waals surface area (Å²) in [6, 6.07) is 3.55. The first kappa shape index (κ1) is 13.9. The van der Waals surface area contributed by atoms with Crippen molar-refractivity contribution in [2.75, 3.05) is 7.11 Å². The predicted octanol–water partition coefficient (Wildman–Crippen LogP) is 3.18. The highest BCUT2D eigenvalue weighted by molar-refractivity contribution is 9.10. The topological polar surface area (TPSA) is 48.1 Å². The van der Waals surface area contributed by atoms with Gasteiger partial charge in [0.2, 0.25) is 0 Å². The lowest BCUT2D eigenvalue weighted by atomic mass is 10.0. The number of nitrogens with zero attached hydrogens (tertiary/aromatic N) is 1. The molecule has 0 aliphatic rings. The molecule has 100 valence electrons. The molecule has 1 heterocycles. The third kappa shape index (κ3) is 2.74. The number of methoxy groups -OCH3 is 1. The molecule has 1 aromatic heterocycles. The number of aromatic nitrogens is 1. The fourth-order valence-electron chi connectivity index (χ4n) is 1.68. The molecule has 1 aromatic carbocycles. The third-order valence-corrected chi connectivity index (χ3v) is 3.54. The van der Waals surface area contributed by atoms with Gasteiger partial charge in [0.25, 0.3) is 0 Å². The first-order valence-electron chi connectivity index (χ1n) is 5.42. The molecule has 19 heavy (non-hydrogen) atoms. The van der Waals surface area contributed by atoms with Crippen molar-refractivity contribution in [1.29, 1.82) is 0 Å². The molecule has 6 heteroatoms. The number of hydrogen-bond donors (Lipinski definition) is 1. The first-order valence-corrected chi connectivity index (χ1v) is 6.21. The molecule has 0 aliphatic carbocycles. The van der Waals surface area contributed by atoms with Crippen LogP contribution < -0.4 is 10.5 Å². The summed E-state index contributed by atoms with van der Waals surface area (Å²) in [5.41, 5.74) is 7.13. The summed E-state index contributed by atoms with van der Waals surface area (Å²) in [4.78, 5) is 3.98. The quantitative estimate of drug-likeness (QED) is 0.880. The number of nitrogens with two attached hydrogens (primary N) is 1. The van der Waals surface area contributed by atoms with Crippen LogP contribution in [0.15, 0.2) is 35.1 Å². The van der Waals surface area contributed by atoms with E-state index in [0.29, 0.717) is 16.9 Å². The van der Waals surface area contributed by atoms with E-state index < -0.39 is 17.7 Å². The maximum absolute atomic E-state index is 13.5. The summed E-state index contributed by atoms with van der Waals surface area (Å²) in [6.07, 6.45) is 3.09. The van der Waals surface area contributed by atoms with Gasteiger partial charge in [0.1, 0.15) is 5.75 Å². The van der Waals surface area contributed by atoms with Crippen LogP contribution in [0.5, 0.6) is 5.75 Å². The molecule has 1 unspecified atom stereocenters. The van der Waals surface area contributed by atoms with Gasteiger partial charge in [-0.3, -0.25) is 4.98 Å². The minimum Gasteiger partial charge on any atom is -0.495 e. The summed E-state index contributed by atoms with van der Waals surface area (Å²) < 4.78 is 31.6. The van der Waals surface area contributed by atoms with E-state index in [0.717, 1.165) is 6.07 Å². The van der Waals surface area contributed by atoms with Gasteiger partial charge in [-0.2, -0.15) is 0 Å². The largest absolute Gasteiger partial charge is 0.495 e. The van der Waals surface area contributed by atoms with Crippen molar-refractivity contribution >= 4 is 15.9 Å². The Labute approximate surface area is 117 Å². The lowest BCUT2D eigenvalue weighted by molar-refractivity contribution is 0.412. The molecule has 1 atom stereocenters. The Kier molecular flexibility index (Phi) is 4.11. The van der Waals surface area contributed by atoms with Crippen LogP contribution in [0.25, 0.3) is 0 Å². The molecule has 0 saturated carbocycles. The van der Waals surface area contributed by atoms with Crippen LogP contribution in [0.1, 0.15) is 17.2 Å². The molecule has 2 rings (SSSR count). The molecular weight excluding hydrogens is 318 g/mol. The normalized spacial score (nSPS) is 12.3. The number of pyridine rings is 1. The second-order valence-corrected chi connectivity index (χ2v) is 4.69. The molecule has 0 spiro atoms. The van der Waals surface area contributed by atoms with E-state index in [1.165, 1.54) is 19.4 Å². The number of rotatable bonds is 3. The Hall–Kier alpha value is -1.53. The Morgan fingerprint density at radius 3 is 2.74 bits per heavy atom. The van der Waals surface area contributed by atoms with Gasteiger partial charge < -0.3 is 10.5 Å². The average Bonchev–Trinajstić information content (AvgIpc) is 2.44. The fourth-order valence-corrected chi connectivity index (χ4v) is 2.25. The average molecular weight is 329 g/mol. The van der Waals surface area contributed by atoms with Gasteiger partial charge in [0, 0.05) is 6.20 Å². The number of benzene rings is 1. The maximum Gasteiger partial charge on any atom is 0.173 e. The maximum atomic E-state index is 13.5. The SMILES string of the molecule is COc1cncc(C(N)c2ccc(F)c(F)c2Br)c1.